The smallest absolute Gasteiger partial charge is 0.327 e. The summed E-state index contributed by atoms with van der Waals surface area (Å²) in [4.78, 5) is 14.6. The van der Waals surface area contributed by atoms with Gasteiger partial charge in [0, 0.05) is 35.9 Å². The van der Waals surface area contributed by atoms with E-state index in [0.29, 0.717) is 6.42 Å². The predicted molar refractivity (Wildman–Crippen MR) is 73.1 cm³/mol. The number of aliphatic carboxylic acids is 1. The second-order valence-corrected chi connectivity index (χ2v) is 4.55. The Labute approximate surface area is 110 Å². The Bertz CT molecular complexity index is 698. The van der Waals surface area contributed by atoms with Crippen LogP contribution in [0.15, 0.2) is 55.0 Å². The van der Waals surface area contributed by atoms with Crippen LogP contribution in [0.4, 0.5) is 0 Å². The summed E-state index contributed by atoms with van der Waals surface area (Å²) in [7, 11) is 0. The van der Waals surface area contributed by atoms with Crippen LogP contribution in [0.1, 0.15) is 11.6 Å². The average Bonchev–Trinajstić information content (AvgIpc) is 3.05. The summed E-state index contributed by atoms with van der Waals surface area (Å²) in [6.07, 6.45) is 5.93. The summed E-state index contributed by atoms with van der Waals surface area (Å²) in [5, 5.41) is 10.5. The molecule has 3 aromatic rings. The van der Waals surface area contributed by atoms with Crippen molar-refractivity contribution < 1.29 is 9.90 Å². The van der Waals surface area contributed by atoms with E-state index in [0.717, 1.165) is 16.5 Å². The van der Waals surface area contributed by atoms with Crippen molar-refractivity contribution in [2.75, 3.05) is 0 Å². The molecular formula is C15H14N2O2. The molecule has 4 heteroatoms. The number of carbonyl (C=O) groups is 1. The van der Waals surface area contributed by atoms with E-state index in [1.54, 1.807) is 17.0 Å². The molecule has 0 aliphatic carbocycles. The molecule has 0 aliphatic rings. The van der Waals surface area contributed by atoms with Crippen LogP contribution in [-0.2, 0) is 11.2 Å². The van der Waals surface area contributed by atoms with Gasteiger partial charge in [-0.15, -0.1) is 0 Å². The SMILES string of the molecule is O=C(O)[C@H](Cc1c[nH]c2ccccc12)n1cccc1. The van der Waals surface area contributed by atoms with E-state index < -0.39 is 12.0 Å². The number of nitrogens with zero attached hydrogens (tertiary/aromatic N) is 1. The normalized spacial score (nSPS) is 12.6. The van der Waals surface area contributed by atoms with E-state index in [9.17, 15) is 9.90 Å². The molecule has 0 bridgehead atoms. The second kappa shape index (κ2) is 4.65. The summed E-state index contributed by atoms with van der Waals surface area (Å²) >= 11 is 0. The number of hydrogen-bond acceptors (Lipinski definition) is 1. The lowest BCUT2D eigenvalue weighted by atomic mass is 10.1. The van der Waals surface area contributed by atoms with Crippen molar-refractivity contribution in [3.8, 4) is 0 Å². The van der Waals surface area contributed by atoms with Crippen LogP contribution in [0.25, 0.3) is 10.9 Å². The van der Waals surface area contributed by atoms with Crippen LogP contribution < -0.4 is 0 Å². The number of H-pyrrole nitrogens is 1. The van der Waals surface area contributed by atoms with Crippen molar-refractivity contribution in [3.05, 3.63) is 60.6 Å². The molecule has 2 aromatic heterocycles. The van der Waals surface area contributed by atoms with E-state index in [-0.39, 0.29) is 0 Å². The standard InChI is InChI=1S/C15H14N2O2/c18-15(19)14(17-7-3-4-8-17)9-11-10-16-13-6-2-1-5-12(11)13/h1-8,10,14,16H,9H2,(H,18,19)/t14-/m0/s1. The molecule has 0 aliphatic heterocycles. The minimum Gasteiger partial charge on any atom is -0.480 e. The van der Waals surface area contributed by atoms with Crippen LogP contribution >= 0.6 is 0 Å². The molecule has 0 unspecified atom stereocenters. The number of carboxylic acids is 1. The average molecular weight is 254 g/mol. The fraction of sp³-hybridized carbons (Fsp3) is 0.133. The number of carboxylic acid groups (broad SMARTS) is 1. The summed E-state index contributed by atoms with van der Waals surface area (Å²) < 4.78 is 1.73. The Morgan fingerprint density at radius 2 is 1.95 bits per heavy atom. The van der Waals surface area contributed by atoms with Crippen LogP contribution in [-0.4, -0.2) is 20.6 Å². The first-order valence-electron chi connectivity index (χ1n) is 6.16. The van der Waals surface area contributed by atoms with Gasteiger partial charge in [0.05, 0.1) is 0 Å². The van der Waals surface area contributed by atoms with Crippen molar-refractivity contribution in [2.24, 2.45) is 0 Å². The first-order valence-corrected chi connectivity index (χ1v) is 6.16. The van der Waals surface area contributed by atoms with Gasteiger partial charge in [0.25, 0.3) is 0 Å². The number of aromatic amines is 1. The van der Waals surface area contributed by atoms with Gasteiger partial charge in [0.15, 0.2) is 0 Å². The number of para-hydroxylation sites is 1. The molecule has 0 saturated carbocycles. The van der Waals surface area contributed by atoms with Gasteiger partial charge in [-0.1, -0.05) is 18.2 Å². The zero-order valence-corrected chi connectivity index (χ0v) is 10.3. The quantitative estimate of drug-likeness (QED) is 0.752. The minimum absolute atomic E-state index is 0.466. The fourth-order valence-corrected chi connectivity index (χ4v) is 2.38. The van der Waals surface area contributed by atoms with Gasteiger partial charge in [-0.05, 0) is 23.8 Å². The number of aromatic nitrogens is 2. The van der Waals surface area contributed by atoms with Crippen LogP contribution in [0.2, 0.25) is 0 Å². The zero-order chi connectivity index (χ0) is 13.2. The van der Waals surface area contributed by atoms with Crippen LogP contribution in [0.3, 0.4) is 0 Å². The monoisotopic (exact) mass is 254 g/mol. The van der Waals surface area contributed by atoms with E-state index in [2.05, 4.69) is 4.98 Å². The Balaban J connectivity index is 1.96. The maximum absolute atomic E-state index is 11.4. The molecule has 2 N–H and O–H groups in total. The molecule has 0 radical (unpaired) electrons. The molecule has 1 atom stereocenters. The summed E-state index contributed by atoms with van der Waals surface area (Å²) in [5.41, 5.74) is 2.06. The highest BCUT2D eigenvalue weighted by molar-refractivity contribution is 5.84. The van der Waals surface area contributed by atoms with Crippen molar-refractivity contribution in [3.63, 3.8) is 0 Å². The van der Waals surface area contributed by atoms with Gasteiger partial charge >= 0.3 is 5.97 Å². The Kier molecular flexibility index (Phi) is 2.83. The zero-order valence-electron chi connectivity index (χ0n) is 10.3. The summed E-state index contributed by atoms with van der Waals surface area (Å²) in [6.45, 7) is 0. The lowest BCUT2D eigenvalue weighted by Crippen LogP contribution is -2.20. The first-order chi connectivity index (χ1) is 9.25. The number of benzene rings is 1. The molecule has 3 rings (SSSR count). The third-order valence-corrected chi connectivity index (χ3v) is 3.36. The second-order valence-electron chi connectivity index (χ2n) is 4.55. The summed E-state index contributed by atoms with van der Waals surface area (Å²) in [5.74, 6) is -0.818. The number of hydrogen-bond donors (Lipinski definition) is 2. The van der Waals surface area contributed by atoms with Gasteiger partial charge in [0.2, 0.25) is 0 Å². The van der Waals surface area contributed by atoms with Gasteiger partial charge in [-0.2, -0.15) is 0 Å². The molecule has 96 valence electrons. The molecular weight excluding hydrogens is 240 g/mol. The molecule has 0 fully saturated rings. The van der Waals surface area contributed by atoms with E-state index in [1.807, 2.05) is 42.6 Å². The van der Waals surface area contributed by atoms with Crippen LogP contribution in [0.5, 0.6) is 0 Å². The molecule has 0 saturated heterocycles. The van der Waals surface area contributed by atoms with Crippen molar-refractivity contribution in [1.82, 2.24) is 9.55 Å². The lowest BCUT2D eigenvalue weighted by molar-refractivity contribution is -0.140. The number of rotatable bonds is 4. The topological polar surface area (TPSA) is 58.0 Å². The number of fused-ring (bicyclic) bond motifs is 1. The van der Waals surface area contributed by atoms with E-state index >= 15 is 0 Å². The van der Waals surface area contributed by atoms with Gasteiger partial charge in [0.1, 0.15) is 6.04 Å². The molecule has 0 spiro atoms. The third-order valence-electron chi connectivity index (χ3n) is 3.36. The van der Waals surface area contributed by atoms with Gasteiger partial charge in [-0.3, -0.25) is 0 Å². The highest BCUT2D eigenvalue weighted by Gasteiger charge is 2.20. The highest BCUT2D eigenvalue weighted by Crippen LogP contribution is 2.23. The molecule has 0 amide bonds. The van der Waals surface area contributed by atoms with Crippen molar-refractivity contribution in [2.45, 2.75) is 12.5 Å². The molecule has 4 nitrogen and oxygen atoms in total. The molecule has 1 aromatic carbocycles. The molecule has 19 heavy (non-hydrogen) atoms. The maximum Gasteiger partial charge on any atom is 0.327 e. The number of nitrogens with one attached hydrogen (secondary N) is 1. The molecule has 2 heterocycles. The van der Waals surface area contributed by atoms with Crippen molar-refractivity contribution >= 4 is 16.9 Å². The van der Waals surface area contributed by atoms with Gasteiger partial charge < -0.3 is 14.7 Å². The van der Waals surface area contributed by atoms with Crippen molar-refractivity contribution in [1.29, 1.82) is 0 Å². The largest absolute Gasteiger partial charge is 0.480 e. The maximum atomic E-state index is 11.4. The van der Waals surface area contributed by atoms with E-state index in [4.69, 9.17) is 0 Å². The summed E-state index contributed by atoms with van der Waals surface area (Å²) in [6, 6.07) is 11.0. The predicted octanol–water partition coefficient (Wildman–Crippen LogP) is 2.84. The minimum atomic E-state index is -0.818. The fourth-order valence-electron chi connectivity index (χ4n) is 2.38. The van der Waals surface area contributed by atoms with E-state index in [1.165, 1.54) is 0 Å². The lowest BCUT2D eigenvalue weighted by Gasteiger charge is -2.13. The van der Waals surface area contributed by atoms with Crippen LogP contribution in [0, 0.1) is 0 Å². The first kappa shape index (κ1) is 11.6. The highest BCUT2D eigenvalue weighted by atomic mass is 16.4. The van der Waals surface area contributed by atoms with Gasteiger partial charge in [-0.25, -0.2) is 4.79 Å². The Hall–Kier alpha value is -2.49. The Morgan fingerprint density at radius 3 is 2.68 bits per heavy atom. The third kappa shape index (κ3) is 2.12. The Morgan fingerprint density at radius 1 is 1.21 bits per heavy atom.